The number of nitrogens with one attached hydrogen (secondary N) is 2. The molecule has 3 heteroatoms. The highest BCUT2D eigenvalue weighted by Gasteiger charge is 2.12. The van der Waals surface area contributed by atoms with Crippen molar-refractivity contribution >= 4 is 5.69 Å². The largest absolute Gasteiger partial charge is 0.383 e. The molecule has 94 valence electrons. The van der Waals surface area contributed by atoms with Crippen molar-refractivity contribution in [3.05, 3.63) is 28.8 Å². The van der Waals surface area contributed by atoms with Gasteiger partial charge in [-0.15, -0.1) is 0 Å². The fraction of sp³-hybridized carbons (Fsp3) is 0.571. The molecule has 0 radical (unpaired) electrons. The maximum absolute atomic E-state index is 5.44. The van der Waals surface area contributed by atoms with Crippen LogP contribution in [-0.4, -0.2) is 32.3 Å². The van der Waals surface area contributed by atoms with Crippen LogP contribution in [0.1, 0.15) is 16.7 Å². The van der Waals surface area contributed by atoms with Gasteiger partial charge < -0.3 is 15.4 Å². The predicted octanol–water partition coefficient (Wildman–Crippen LogP) is 2.01. The molecule has 1 fully saturated rings. The molecule has 1 aromatic rings. The van der Waals surface area contributed by atoms with Crippen molar-refractivity contribution in [2.24, 2.45) is 0 Å². The molecule has 0 bridgehead atoms. The second-order valence-electron chi connectivity index (χ2n) is 4.86. The SMILES string of the molecule is Cc1cc(C)c(NCC2COCCN2)cc1C. The Balaban J connectivity index is 1.96. The molecule has 0 aliphatic carbocycles. The van der Waals surface area contributed by atoms with Gasteiger partial charge in [-0.25, -0.2) is 0 Å². The molecule has 1 unspecified atom stereocenters. The van der Waals surface area contributed by atoms with E-state index >= 15 is 0 Å². The third-order valence-electron chi connectivity index (χ3n) is 3.38. The summed E-state index contributed by atoms with van der Waals surface area (Å²) in [5.74, 6) is 0. The summed E-state index contributed by atoms with van der Waals surface area (Å²) in [6.45, 7) is 9.97. The molecule has 1 saturated heterocycles. The van der Waals surface area contributed by atoms with Crippen LogP contribution in [0.2, 0.25) is 0 Å². The molecule has 0 spiro atoms. The lowest BCUT2D eigenvalue weighted by Gasteiger charge is -2.25. The van der Waals surface area contributed by atoms with Crippen LogP contribution < -0.4 is 10.6 Å². The van der Waals surface area contributed by atoms with Gasteiger partial charge in [0.25, 0.3) is 0 Å². The molecule has 0 amide bonds. The molecule has 1 aliphatic rings. The standard InChI is InChI=1S/C14H22N2O/c1-10-6-12(3)14(7-11(10)2)16-8-13-9-17-5-4-15-13/h6-7,13,15-16H,4-5,8-9H2,1-3H3. The van der Waals surface area contributed by atoms with Crippen LogP contribution in [0, 0.1) is 20.8 Å². The number of hydrogen-bond donors (Lipinski definition) is 2. The maximum atomic E-state index is 5.44. The molecule has 1 heterocycles. The average Bonchev–Trinajstić information content (AvgIpc) is 2.33. The van der Waals surface area contributed by atoms with Gasteiger partial charge in [0.1, 0.15) is 0 Å². The number of morpholine rings is 1. The Morgan fingerprint density at radius 1 is 1.24 bits per heavy atom. The molecule has 1 atom stereocenters. The molecule has 17 heavy (non-hydrogen) atoms. The first-order chi connectivity index (χ1) is 8.16. The minimum Gasteiger partial charge on any atom is -0.383 e. The lowest BCUT2D eigenvalue weighted by atomic mass is 10.0. The van der Waals surface area contributed by atoms with Gasteiger partial charge in [-0.05, 0) is 43.5 Å². The van der Waals surface area contributed by atoms with Crippen molar-refractivity contribution < 1.29 is 4.74 Å². The Kier molecular flexibility index (Phi) is 4.02. The van der Waals surface area contributed by atoms with E-state index < -0.39 is 0 Å². The summed E-state index contributed by atoms with van der Waals surface area (Å²) in [6, 6.07) is 4.89. The zero-order chi connectivity index (χ0) is 12.3. The Morgan fingerprint density at radius 2 is 2.00 bits per heavy atom. The van der Waals surface area contributed by atoms with Gasteiger partial charge in [0.2, 0.25) is 0 Å². The molecule has 1 aliphatic heterocycles. The van der Waals surface area contributed by atoms with Crippen LogP contribution in [0.15, 0.2) is 12.1 Å². The molecular formula is C14H22N2O. The molecule has 0 aromatic heterocycles. The van der Waals surface area contributed by atoms with E-state index in [-0.39, 0.29) is 0 Å². The minimum atomic E-state index is 0.421. The van der Waals surface area contributed by atoms with Gasteiger partial charge in [0.15, 0.2) is 0 Å². The summed E-state index contributed by atoms with van der Waals surface area (Å²) in [7, 11) is 0. The van der Waals surface area contributed by atoms with Gasteiger partial charge in [0.05, 0.1) is 13.2 Å². The third-order valence-corrected chi connectivity index (χ3v) is 3.38. The average molecular weight is 234 g/mol. The Bertz CT molecular complexity index is 384. The zero-order valence-corrected chi connectivity index (χ0v) is 11.0. The van der Waals surface area contributed by atoms with Crippen LogP contribution in [0.4, 0.5) is 5.69 Å². The first-order valence-electron chi connectivity index (χ1n) is 6.29. The highest BCUT2D eigenvalue weighted by Crippen LogP contribution is 2.19. The van der Waals surface area contributed by atoms with Gasteiger partial charge in [-0.1, -0.05) is 6.07 Å². The summed E-state index contributed by atoms with van der Waals surface area (Å²) >= 11 is 0. The van der Waals surface area contributed by atoms with Crippen molar-refractivity contribution in [2.45, 2.75) is 26.8 Å². The van der Waals surface area contributed by atoms with Crippen molar-refractivity contribution in [3.8, 4) is 0 Å². The van der Waals surface area contributed by atoms with E-state index in [2.05, 4.69) is 43.5 Å². The first kappa shape index (κ1) is 12.4. The van der Waals surface area contributed by atoms with E-state index in [1.807, 2.05) is 0 Å². The van der Waals surface area contributed by atoms with Crippen molar-refractivity contribution in [1.29, 1.82) is 0 Å². The van der Waals surface area contributed by atoms with E-state index in [1.54, 1.807) is 0 Å². The first-order valence-corrected chi connectivity index (χ1v) is 6.29. The van der Waals surface area contributed by atoms with Crippen LogP contribution >= 0.6 is 0 Å². The van der Waals surface area contributed by atoms with Crippen molar-refractivity contribution in [1.82, 2.24) is 5.32 Å². The summed E-state index contributed by atoms with van der Waals surface area (Å²) in [4.78, 5) is 0. The van der Waals surface area contributed by atoms with E-state index in [9.17, 15) is 0 Å². The predicted molar refractivity (Wildman–Crippen MR) is 71.8 cm³/mol. The lowest BCUT2D eigenvalue weighted by Crippen LogP contribution is -2.45. The van der Waals surface area contributed by atoms with Crippen LogP contribution in [-0.2, 0) is 4.74 Å². The van der Waals surface area contributed by atoms with Gasteiger partial charge in [-0.3, -0.25) is 0 Å². The summed E-state index contributed by atoms with van der Waals surface area (Å²) < 4.78 is 5.44. The van der Waals surface area contributed by atoms with Crippen molar-refractivity contribution in [2.75, 3.05) is 31.6 Å². The second kappa shape index (κ2) is 5.52. The lowest BCUT2D eigenvalue weighted by molar-refractivity contribution is 0.0806. The summed E-state index contributed by atoms with van der Waals surface area (Å²) in [6.07, 6.45) is 0. The molecule has 0 saturated carbocycles. The van der Waals surface area contributed by atoms with Crippen LogP contribution in [0.3, 0.4) is 0 Å². The van der Waals surface area contributed by atoms with Crippen molar-refractivity contribution in [3.63, 3.8) is 0 Å². The monoisotopic (exact) mass is 234 g/mol. The van der Waals surface area contributed by atoms with Gasteiger partial charge >= 0.3 is 0 Å². The molecular weight excluding hydrogens is 212 g/mol. The van der Waals surface area contributed by atoms with Gasteiger partial charge in [0, 0.05) is 24.8 Å². The topological polar surface area (TPSA) is 33.3 Å². The summed E-state index contributed by atoms with van der Waals surface area (Å²) in [5, 5.41) is 6.96. The molecule has 3 nitrogen and oxygen atoms in total. The Morgan fingerprint density at radius 3 is 2.71 bits per heavy atom. The number of ether oxygens (including phenoxy) is 1. The number of aryl methyl sites for hydroxylation is 3. The number of benzene rings is 1. The molecule has 1 aromatic carbocycles. The van der Waals surface area contributed by atoms with Gasteiger partial charge in [-0.2, -0.15) is 0 Å². The number of anilines is 1. The zero-order valence-electron chi connectivity index (χ0n) is 11.0. The fourth-order valence-electron chi connectivity index (χ4n) is 2.13. The highest BCUT2D eigenvalue weighted by molar-refractivity contribution is 5.54. The third kappa shape index (κ3) is 3.20. The Hall–Kier alpha value is -1.06. The Labute approximate surface area is 104 Å². The smallest absolute Gasteiger partial charge is 0.0637 e. The second-order valence-corrected chi connectivity index (χ2v) is 4.86. The quantitative estimate of drug-likeness (QED) is 0.839. The summed E-state index contributed by atoms with van der Waals surface area (Å²) in [5.41, 5.74) is 5.24. The van der Waals surface area contributed by atoms with Crippen LogP contribution in [0.5, 0.6) is 0 Å². The molecule has 2 N–H and O–H groups in total. The minimum absolute atomic E-state index is 0.421. The highest BCUT2D eigenvalue weighted by atomic mass is 16.5. The number of hydrogen-bond acceptors (Lipinski definition) is 3. The molecule has 2 rings (SSSR count). The fourth-order valence-corrected chi connectivity index (χ4v) is 2.13. The van der Waals surface area contributed by atoms with E-state index in [0.717, 1.165) is 26.3 Å². The van der Waals surface area contributed by atoms with E-state index in [1.165, 1.54) is 22.4 Å². The maximum Gasteiger partial charge on any atom is 0.0637 e. The normalized spacial score (nSPS) is 20.3. The van der Waals surface area contributed by atoms with E-state index in [4.69, 9.17) is 4.74 Å². The number of rotatable bonds is 3. The van der Waals surface area contributed by atoms with E-state index in [0.29, 0.717) is 6.04 Å². The van der Waals surface area contributed by atoms with Crippen LogP contribution in [0.25, 0.3) is 0 Å².